The number of rotatable bonds is 5. The summed E-state index contributed by atoms with van der Waals surface area (Å²) in [6.45, 7) is 0. The van der Waals surface area contributed by atoms with Gasteiger partial charge in [-0.25, -0.2) is 4.98 Å². The molecule has 0 saturated heterocycles. The molecule has 0 unspecified atom stereocenters. The van der Waals surface area contributed by atoms with Crippen LogP contribution in [0.2, 0.25) is 0 Å². The third-order valence-electron chi connectivity index (χ3n) is 4.58. The number of hydrogen-bond donors (Lipinski definition) is 0. The zero-order valence-electron chi connectivity index (χ0n) is 15.3. The monoisotopic (exact) mass is 356 g/mol. The maximum absolute atomic E-state index is 12.6. The third-order valence-corrected chi connectivity index (χ3v) is 4.58. The fourth-order valence-electron chi connectivity index (χ4n) is 3.05. The topological polar surface area (TPSA) is 46.3 Å². The molecule has 2 aromatic carbocycles. The predicted molar refractivity (Wildman–Crippen MR) is 108 cm³/mol. The number of Topliss-reactive ketones (excluding diaryl/α,β-unsaturated/α-hetero) is 1. The van der Waals surface area contributed by atoms with Crippen LogP contribution in [-0.2, 0) is 6.42 Å². The van der Waals surface area contributed by atoms with Crippen molar-refractivity contribution in [3.05, 3.63) is 84.1 Å². The lowest BCUT2D eigenvalue weighted by molar-refractivity contribution is 0.0993. The highest BCUT2D eigenvalue weighted by Gasteiger charge is 2.10. The van der Waals surface area contributed by atoms with Crippen LogP contribution in [-0.4, -0.2) is 24.9 Å². The van der Waals surface area contributed by atoms with E-state index in [-0.39, 0.29) is 5.78 Å². The van der Waals surface area contributed by atoms with Crippen LogP contribution in [0.5, 0.6) is 0 Å². The molecule has 0 fully saturated rings. The molecule has 0 aliphatic heterocycles. The van der Waals surface area contributed by atoms with Gasteiger partial charge in [0.1, 0.15) is 5.76 Å². The van der Waals surface area contributed by atoms with Crippen molar-refractivity contribution in [1.82, 2.24) is 4.98 Å². The Morgan fingerprint density at radius 2 is 1.81 bits per heavy atom. The Balaban J connectivity index is 1.52. The van der Waals surface area contributed by atoms with Gasteiger partial charge >= 0.3 is 0 Å². The van der Waals surface area contributed by atoms with Crippen LogP contribution in [0.1, 0.15) is 15.9 Å². The van der Waals surface area contributed by atoms with Gasteiger partial charge in [-0.3, -0.25) is 4.79 Å². The van der Waals surface area contributed by atoms with Crippen LogP contribution in [0.15, 0.2) is 77.3 Å². The van der Waals surface area contributed by atoms with Gasteiger partial charge in [0.05, 0.1) is 0 Å². The van der Waals surface area contributed by atoms with Gasteiger partial charge in [-0.2, -0.15) is 0 Å². The van der Waals surface area contributed by atoms with Crippen molar-refractivity contribution in [2.24, 2.45) is 0 Å². The Morgan fingerprint density at radius 3 is 2.56 bits per heavy atom. The molecule has 134 valence electrons. The highest BCUT2D eigenvalue weighted by Crippen LogP contribution is 2.27. The number of benzene rings is 2. The summed E-state index contributed by atoms with van der Waals surface area (Å²) in [7, 11) is 3.94. The first kappa shape index (κ1) is 17.0. The number of pyridine rings is 1. The molecule has 0 atom stereocenters. The van der Waals surface area contributed by atoms with Gasteiger partial charge in [0.15, 0.2) is 5.78 Å². The lowest BCUT2D eigenvalue weighted by Crippen LogP contribution is -2.10. The summed E-state index contributed by atoms with van der Waals surface area (Å²) in [5.41, 5.74) is 4.34. The highest BCUT2D eigenvalue weighted by atomic mass is 16.3. The van der Waals surface area contributed by atoms with E-state index in [0.717, 1.165) is 33.5 Å². The molecule has 2 heterocycles. The van der Waals surface area contributed by atoms with Crippen molar-refractivity contribution in [1.29, 1.82) is 0 Å². The summed E-state index contributed by atoms with van der Waals surface area (Å²) in [4.78, 5) is 18.8. The zero-order chi connectivity index (χ0) is 18.8. The van der Waals surface area contributed by atoms with E-state index in [2.05, 4.69) is 4.98 Å². The number of nitrogens with zero attached hydrogens (tertiary/aromatic N) is 2. The van der Waals surface area contributed by atoms with Gasteiger partial charge in [0.2, 0.25) is 5.71 Å². The molecule has 0 aliphatic carbocycles. The van der Waals surface area contributed by atoms with Crippen LogP contribution in [0.3, 0.4) is 0 Å². The quantitative estimate of drug-likeness (QED) is 0.473. The molecular weight excluding hydrogens is 336 g/mol. The SMILES string of the molecule is CN(C)c1cccc(C(=O)Cc2ccc(-c3cc4cccnc4o3)cc2)c1. The number of anilines is 1. The maximum atomic E-state index is 12.6. The standard InChI is InChI=1S/C23H20N2O2/c1-25(2)20-7-3-5-18(14-20)21(26)13-16-8-10-17(11-9-16)22-15-19-6-4-12-24-23(19)27-22/h3-12,14-15H,13H2,1-2H3. The van der Waals surface area contributed by atoms with Crippen LogP contribution < -0.4 is 4.90 Å². The molecule has 0 saturated carbocycles. The number of aromatic nitrogens is 1. The fourth-order valence-corrected chi connectivity index (χ4v) is 3.05. The van der Waals surface area contributed by atoms with Crippen molar-refractivity contribution in [3.8, 4) is 11.3 Å². The second-order valence-electron chi connectivity index (χ2n) is 6.75. The zero-order valence-corrected chi connectivity index (χ0v) is 15.3. The van der Waals surface area contributed by atoms with Gasteiger partial charge < -0.3 is 9.32 Å². The summed E-state index contributed by atoms with van der Waals surface area (Å²) >= 11 is 0. The van der Waals surface area contributed by atoms with Crippen molar-refractivity contribution >= 4 is 22.6 Å². The molecule has 4 heteroatoms. The normalized spacial score (nSPS) is 10.9. The minimum absolute atomic E-state index is 0.111. The summed E-state index contributed by atoms with van der Waals surface area (Å²) in [5.74, 6) is 0.889. The molecule has 4 nitrogen and oxygen atoms in total. The van der Waals surface area contributed by atoms with E-state index in [1.165, 1.54) is 0 Å². The van der Waals surface area contributed by atoms with E-state index < -0.39 is 0 Å². The first-order chi connectivity index (χ1) is 13.1. The van der Waals surface area contributed by atoms with E-state index in [1.54, 1.807) is 6.20 Å². The number of fused-ring (bicyclic) bond motifs is 1. The van der Waals surface area contributed by atoms with E-state index in [9.17, 15) is 4.79 Å². The lowest BCUT2D eigenvalue weighted by Gasteiger charge is -2.13. The summed E-state index contributed by atoms with van der Waals surface area (Å²) in [6.07, 6.45) is 2.09. The Bertz CT molecular complexity index is 1060. The van der Waals surface area contributed by atoms with E-state index in [1.807, 2.05) is 85.7 Å². The van der Waals surface area contributed by atoms with E-state index in [4.69, 9.17) is 4.42 Å². The van der Waals surface area contributed by atoms with Gasteiger partial charge in [-0.15, -0.1) is 0 Å². The molecule has 27 heavy (non-hydrogen) atoms. The molecule has 0 N–H and O–H groups in total. The summed E-state index contributed by atoms with van der Waals surface area (Å²) in [5, 5.41) is 0.979. The van der Waals surface area contributed by atoms with Gasteiger partial charge in [-0.05, 0) is 35.9 Å². The third kappa shape index (κ3) is 3.60. The molecule has 0 bridgehead atoms. The Morgan fingerprint density at radius 1 is 1.00 bits per heavy atom. The van der Waals surface area contributed by atoms with Gasteiger partial charge in [0.25, 0.3) is 0 Å². The number of hydrogen-bond acceptors (Lipinski definition) is 4. The second kappa shape index (κ2) is 7.08. The highest BCUT2D eigenvalue weighted by molar-refractivity contribution is 5.98. The molecule has 2 aromatic heterocycles. The first-order valence-electron chi connectivity index (χ1n) is 8.84. The average Bonchev–Trinajstić information content (AvgIpc) is 3.13. The maximum Gasteiger partial charge on any atom is 0.226 e. The average molecular weight is 356 g/mol. The number of furan rings is 1. The smallest absolute Gasteiger partial charge is 0.226 e. The van der Waals surface area contributed by atoms with E-state index >= 15 is 0 Å². The fraction of sp³-hybridized carbons (Fsp3) is 0.130. The van der Waals surface area contributed by atoms with Crippen molar-refractivity contribution in [2.75, 3.05) is 19.0 Å². The minimum Gasteiger partial charge on any atom is -0.438 e. The van der Waals surface area contributed by atoms with Crippen LogP contribution in [0, 0.1) is 0 Å². The van der Waals surface area contributed by atoms with Crippen LogP contribution >= 0.6 is 0 Å². The van der Waals surface area contributed by atoms with E-state index in [0.29, 0.717) is 12.1 Å². The predicted octanol–water partition coefficient (Wildman–Crippen LogP) is 4.99. The molecule has 0 aliphatic rings. The summed E-state index contributed by atoms with van der Waals surface area (Å²) in [6, 6.07) is 21.5. The molecule has 4 rings (SSSR count). The molecule has 0 amide bonds. The van der Waals surface area contributed by atoms with Gasteiger partial charge in [0, 0.05) is 48.9 Å². The number of carbonyl (C=O) groups is 1. The molecule has 0 spiro atoms. The summed E-state index contributed by atoms with van der Waals surface area (Å²) < 4.78 is 5.80. The molecule has 0 radical (unpaired) electrons. The molecule has 4 aromatic rings. The van der Waals surface area contributed by atoms with Crippen LogP contribution in [0.25, 0.3) is 22.4 Å². The van der Waals surface area contributed by atoms with Crippen molar-refractivity contribution in [3.63, 3.8) is 0 Å². The van der Waals surface area contributed by atoms with Crippen molar-refractivity contribution in [2.45, 2.75) is 6.42 Å². The Labute approximate surface area is 158 Å². The minimum atomic E-state index is 0.111. The Kier molecular flexibility index (Phi) is 4.47. The number of ketones is 1. The van der Waals surface area contributed by atoms with Gasteiger partial charge in [-0.1, -0.05) is 36.4 Å². The Hall–Kier alpha value is -3.40. The first-order valence-corrected chi connectivity index (χ1v) is 8.84. The number of carbonyl (C=O) groups excluding carboxylic acids is 1. The van der Waals surface area contributed by atoms with Crippen molar-refractivity contribution < 1.29 is 9.21 Å². The second-order valence-corrected chi connectivity index (χ2v) is 6.75. The molecular formula is C23H20N2O2. The van der Waals surface area contributed by atoms with Crippen LogP contribution in [0.4, 0.5) is 5.69 Å². The lowest BCUT2D eigenvalue weighted by atomic mass is 10.0. The largest absolute Gasteiger partial charge is 0.438 e.